The van der Waals surface area contributed by atoms with Crippen LogP contribution < -0.4 is 0 Å². The molecule has 1 aromatic carbocycles. The number of hydrogen-bond acceptors (Lipinski definition) is 5. The maximum atomic E-state index is 12.3. The molecule has 106 valence electrons. The lowest BCUT2D eigenvalue weighted by Gasteiger charge is -1.94. The van der Waals surface area contributed by atoms with Crippen molar-refractivity contribution in [1.29, 1.82) is 0 Å². The van der Waals surface area contributed by atoms with Gasteiger partial charge in [-0.05, 0) is 40.2 Å². The average Bonchev–Trinajstić information content (AvgIpc) is 3.13. The van der Waals surface area contributed by atoms with E-state index in [1.807, 2.05) is 18.2 Å². The highest BCUT2D eigenvalue weighted by Crippen LogP contribution is 2.28. The smallest absolute Gasteiger partial charge is 0.373 e. The second-order valence-corrected chi connectivity index (χ2v) is 5.11. The average molecular weight is 349 g/mol. The number of fused-ring (bicyclic) bond motifs is 1. The molecule has 0 fully saturated rings. The lowest BCUT2D eigenvalue weighted by molar-refractivity contribution is 0.0563. The minimum atomic E-state index is -0.638. The summed E-state index contributed by atoms with van der Waals surface area (Å²) in [6, 6.07) is 9.93. The zero-order valence-corrected chi connectivity index (χ0v) is 12.5. The fraction of sp³-hybridized carbons (Fsp3) is 0.0667. The van der Waals surface area contributed by atoms with Crippen LogP contribution in [0.1, 0.15) is 26.9 Å². The Morgan fingerprint density at radius 3 is 2.52 bits per heavy atom. The van der Waals surface area contributed by atoms with Gasteiger partial charge < -0.3 is 13.6 Å². The zero-order chi connectivity index (χ0) is 15.0. The molecule has 0 unspecified atom stereocenters. The molecule has 0 spiro atoms. The molecule has 0 saturated carbocycles. The monoisotopic (exact) mass is 348 g/mol. The van der Waals surface area contributed by atoms with E-state index in [2.05, 4.69) is 20.7 Å². The number of esters is 1. The summed E-state index contributed by atoms with van der Waals surface area (Å²) in [6.07, 6.45) is 0. The molecule has 0 aliphatic rings. The fourth-order valence-corrected chi connectivity index (χ4v) is 2.39. The van der Waals surface area contributed by atoms with E-state index in [9.17, 15) is 9.59 Å². The summed E-state index contributed by atoms with van der Waals surface area (Å²) in [4.78, 5) is 23.6. The Hall–Kier alpha value is -2.34. The molecule has 6 heteroatoms. The van der Waals surface area contributed by atoms with Gasteiger partial charge in [-0.25, -0.2) is 4.79 Å². The van der Waals surface area contributed by atoms with Crippen molar-refractivity contribution in [3.8, 4) is 0 Å². The Morgan fingerprint density at radius 2 is 1.81 bits per heavy atom. The van der Waals surface area contributed by atoms with Gasteiger partial charge in [-0.2, -0.15) is 0 Å². The van der Waals surface area contributed by atoms with Gasteiger partial charge in [-0.1, -0.05) is 12.1 Å². The van der Waals surface area contributed by atoms with Crippen molar-refractivity contribution >= 4 is 38.7 Å². The number of para-hydroxylation sites is 1. The van der Waals surface area contributed by atoms with Crippen LogP contribution in [0.4, 0.5) is 0 Å². The zero-order valence-electron chi connectivity index (χ0n) is 10.9. The molecular formula is C15H9BrO5. The van der Waals surface area contributed by atoms with Crippen LogP contribution in [-0.4, -0.2) is 18.9 Å². The van der Waals surface area contributed by atoms with E-state index in [-0.39, 0.29) is 17.3 Å². The predicted molar refractivity (Wildman–Crippen MR) is 77.4 cm³/mol. The van der Waals surface area contributed by atoms with Gasteiger partial charge in [-0.3, -0.25) is 4.79 Å². The van der Waals surface area contributed by atoms with E-state index >= 15 is 0 Å². The normalized spacial score (nSPS) is 10.8. The number of hydrogen-bond donors (Lipinski definition) is 0. The van der Waals surface area contributed by atoms with E-state index < -0.39 is 11.8 Å². The number of ketones is 1. The van der Waals surface area contributed by atoms with Crippen molar-refractivity contribution in [1.82, 2.24) is 0 Å². The number of rotatable bonds is 3. The number of methoxy groups -OCH3 is 1. The number of carbonyl (C=O) groups is 2. The second kappa shape index (κ2) is 5.21. The Morgan fingerprint density at radius 1 is 1.05 bits per heavy atom. The van der Waals surface area contributed by atoms with Gasteiger partial charge in [0, 0.05) is 5.39 Å². The highest BCUT2D eigenvalue weighted by molar-refractivity contribution is 9.10. The minimum Gasteiger partial charge on any atom is -0.463 e. The molecule has 0 bridgehead atoms. The largest absolute Gasteiger partial charge is 0.463 e. The van der Waals surface area contributed by atoms with Crippen LogP contribution in [0, 0.1) is 0 Å². The Balaban J connectivity index is 1.98. The Bertz CT molecular complexity index is 843. The van der Waals surface area contributed by atoms with Crippen molar-refractivity contribution in [2.45, 2.75) is 0 Å². The summed E-state index contributed by atoms with van der Waals surface area (Å²) in [7, 11) is 1.24. The molecule has 0 N–H and O–H groups in total. The molecule has 0 aliphatic heterocycles. The molecule has 2 heterocycles. The maximum absolute atomic E-state index is 12.3. The molecule has 0 aliphatic carbocycles. The standard InChI is InChI=1S/C15H9BrO5/c1-19-15(18)11-6-5-10(20-11)13(17)12-7-8-3-2-4-9(16)14(8)21-12/h2-7H,1H3. The molecule has 0 amide bonds. The number of carbonyl (C=O) groups excluding carboxylic acids is 2. The number of benzene rings is 1. The van der Waals surface area contributed by atoms with E-state index in [1.54, 1.807) is 6.07 Å². The highest BCUT2D eigenvalue weighted by atomic mass is 79.9. The van der Waals surface area contributed by atoms with Crippen LogP contribution in [0.5, 0.6) is 0 Å². The van der Waals surface area contributed by atoms with Crippen molar-refractivity contribution < 1.29 is 23.2 Å². The highest BCUT2D eigenvalue weighted by Gasteiger charge is 2.21. The quantitative estimate of drug-likeness (QED) is 0.531. The molecule has 2 aromatic heterocycles. The van der Waals surface area contributed by atoms with E-state index in [0.717, 1.165) is 9.86 Å². The number of halogens is 1. The SMILES string of the molecule is COC(=O)c1ccc(C(=O)c2cc3cccc(Br)c3o2)o1. The summed E-state index contributed by atoms with van der Waals surface area (Å²) >= 11 is 3.36. The predicted octanol–water partition coefficient (Wildman–Crippen LogP) is 3.81. The first kappa shape index (κ1) is 13.6. The van der Waals surface area contributed by atoms with Crippen LogP contribution in [0.15, 0.2) is 49.7 Å². The summed E-state index contributed by atoms with van der Waals surface area (Å²) in [5, 5.41) is 0.799. The van der Waals surface area contributed by atoms with Crippen LogP contribution in [0.25, 0.3) is 11.0 Å². The van der Waals surface area contributed by atoms with Crippen molar-refractivity contribution in [3.63, 3.8) is 0 Å². The lowest BCUT2D eigenvalue weighted by atomic mass is 10.2. The molecule has 0 saturated heterocycles. The summed E-state index contributed by atoms with van der Waals surface area (Å²) < 4.78 is 16.0. The second-order valence-electron chi connectivity index (χ2n) is 4.25. The number of ether oxygens (including phenoxy) is 1. The van der Waals surface area contributed by atoms with E-state index in [1.165, 1.54) is 19.2 Å². The molecule has 0 radical (unpaired) electrons. The van der Waals surface area contributed by atoms with Gasteiger partial charge in [0.1, 0.15) is 5.58 Å². The third-order valence-electron chi connectivity index (χ3n) is 2.94. The summed E-state index contributed by atoms with van der Waals surface area (Å²) in [6.45, 7) is 0. The van der Waals surface area contributed by atoms with Crippen LogP contribution in [0.2, 0.25) is 0 Å². The van der Waals surface area contributed by atoms with Gasteiger partial charge in [0.2, 0.25) is 5.76 Å². The minimum absolute atomic E-state index is 0.0191. The first-order valence-electron chi connectivity index (χ1n) is 6.01. The van der Waals surface area contributed by atoms with Crippen molar-refractivity contribution in [2.24, 2.45) is 0 Å². The van der Waals surface area contributed by atoms with Gasteiger partial charge in [-0.15, -0.1) is 0 Å². The molecule has 5 nitrogen and oxygen atoms in total. The summed E-state index contributed by atoms with van der Waals surface area (Å²) in [5.74, 6) is -0.943. The molecular weight excluding hydrogens is 340 g/mol. The van der Waals surface area contributed by atoms with E-state index in [0.29, 0.717) is 5.58 Å². The van der Waals surface area contributed by atoms with Crippen molar-refractivity contribution in [2.75, 3.05) is 7.11 Å². The first-order valence-corrected chi connectivity index (χ1v) is 6.80. The molecule has 21 heavy (non-hydrogen) atoms. The molecule has 3 aromatic rings. The summed E-state index contributed by atoms with van der Waals surface area (Å²) in [5.41, 5.74) is 0.584. The third-order valence-corrected chi connectivity index (χ3v) is 3.56. The van der Waals surface area contributed by atoms with E-state index in [4.69, 9.17) is 8.83 Å². The maximum Gasteiger partial charge on any atom is 0.373 e. The topological polar surface area (TPSA) is 69.7 Å². The fourth-order valence-electron chi connectivity index (χ4n) is 1.93. The first-order chi connectivity index (χ1) is 10.1. The van der Waals surface area contributed by atoms with Crippen molar-refractivity contribution in [3.05, 3.63) is 58.2 Å². The van der Waals surface area contributed by atoms with Gasteiger partial charge in [0.15, 0.2) is 11.5 Å². The molecule has 0 atom stereocenters. The Labute approximate surface area is 127 Å². The Kier molecular flexibility index (Phi) is 3.39. The van der Waals surface area contributed by atoms with Gasteiger partial charge >= 0.3 is 5.97 Å². The molecule has 3 rings (SSSR count). The van der Waals surface area contributed by atoms with Gasteiger partial charge in [0.05, 0.1) is 11.6 Å². The number of furan rings is 2. The van der Waals surface area contributed by atoms with Crippen LogP contribution >= 0.6 is 15.9 Å². The van der Waals surface area contributed by atoms with Crippen LogP contribution in [-0.2, 0) is 4.74 Å². The van der Waals surface area contributed by atoms with Gasteiger partial charge in [0.25, 0.3) is 5.78 Å². The van der Waals surface area contributed by atoms with Crippen LogP contribution in [0.3, 0.4) is 0 Å². The third kappa shape index (κ3) is 2.38. The lowest BCUT2D eigenvalue weighted by Crippen LogP contribution is -2.00.